The molecule has 0 aromatic heterocycles. The lowest BCUT2D eigenvalue weighted by atomic mass is 9.61. The lowest BCUT2D eigenvalue weighted by Crippen LogP contribution is -2.61. The van der Waals surface area contributed by atoms with Gasteiger partial charge in [0.25, 0.3) is 5.91 Å². The number of aliphatic hydroxyl groups excluding tert-OH is 1. The lowest BCUT2D eigenvalue weighted by molar-refractivity contribution is -0.143. The largest absolute Gasteiger partial charge is 0.396 e. The van der Waals surface area contributed by atoms with Crippen LogP contribution in [0.2, 0.25) is 0 Å². The predicted octanol–water partition coefficient (Wildman–Crippen LogP) is 1.61. The molecular weight excluding hydrogens is 514 g/mol. The molecule has 2 saturated carbocycles. The molecule has 11 nitrogen and oxygen atoms in total. The fraction of sp³-hybridized carbons (Fsp3) is 0.828. The molecule has 1 unspecified atom stereocenters. The number of nitrogens with one attached hydrogen (secondary N) is 3. The number of nitrogens with two attached hydrogens (primary N) is 1. The highest BCUT2D eigenvalue weighted by molar-refractivity contribution is 6.37. The van der Waals surface area contributed by atoms with Crippen molar-refractivity contribution < 1.29 is 29.1 Å². The highest BCUT2D eigenvalue weighted by Crippen LogP contribution is 2.51. The van der Waals surface area contributed by atoms with Gasteiger partial charge in [0, 0.05) is 18.7 Å². The SMILES string of the molecule is CC(C)(C)NC(=O)N[C@H](C(=O)N1C[C@@H](C2(CO)CCC2)C[C@H]1C(=O)NC(CC1CCC1)C(=O)C(N)=O)C(C)(C)C. The Labute approximate surface area is 237 Å². The average molecular weight is 564 g/mol. The predicted molar refractivity (Wildman–Crippen MR) is 150 cm³/mol. The van der Waals surface area contributed by atoms with E-state index in [9.17, 15) is 29.1 Å². The van der Waals surface area contributed by atoms with Gasteiger partial charge in [0.2, 0.25) is 17.6 Å². The molecule has 0 aromatic rings. The molecule has 4 atom stereocenters. The summed E-state index contributed by atoms with van der Waals surface area (Å²) in [5, 5.41) is 18.7. The highest BCUT2D eigenvalue weighted by atomic mass is 16.3. The van der Waals surface area contributed by atoms with Gasteiger partial charge in [0.1, 0.15) is 12.1 Å². The number of likely N-dealkylation sites (tertiary alicyclic amines) is 1. The van der Waals surface area contributed by atoms with Crippen LogP contribution >= 0.6 is 0 Å². The van der Waals surface area contributed by atoms with Crippen molar-refractivity contribution in [2.45, 2.75) is 117 Å². The van der Waals surface area contributed by atoms with Gasteiger partial charge < -0.3 is 31.7 Å². The molecular formula is C29H49N5O6. The first kappa shape index (κ1) is 31.8. The smallest absolute Gasteiger partial charge is 0.315 e. The second kappa shape index (κ2) is 12.0. The number of hydrogen-bond acceptors (Lipinski definition) is 6. The molecule has 3 rings (SSSR count). The van der Waals surface area contributed by atoms with Crippen molar-refractivity contribution in [2.24, 2.45) is 28.4 Å². The molecule has 0 radical (unpaired) electrons. The Morgan fingerprint density at radius 2 is 1.62 bits per heavy atom. The minimum Gasteiger partial charge on any atom is -0.396 e. The lowest BCUT2D eigenvalue weighted by Gasteiger charge is -2.45. The number of rotatable bonds is 10. The quantitative estimate of drug-likeness (QED) is 0.253. The molecule has 226 valence electrons. The van der Waals surface area contributed by atoms with Gasteiger partial charge in [0.15, 0.2) is 0 Å². The van der Waals surface area contributed by atoms with Gasteiger partial charge in [-0.25, -0.2) is 4.79 Å². The molecule has 3 aliphatic rings. The minimum absolute atomic E-state index is 0.0343. The van der Waals surface area contributed by atoms with Crippen molar-refractivity contribution in [3.05, 3.63) is 0 Å². The zero-order chi connectivity index (χ0) is 30.0. The molecule has 2 aliphatic carbocycles. The topological polar surface area (TPSA) is 171 Å². The van der Waals surface area contributed by atoms with Crippen molar-refractivity contribution in [1.29, 1.82) is 0 Å². The summed E-state index contributed by atoms with van der Waals surface area (Å²) in [5.41, 5.74) is 3.74. The number of primary amides is 1. The standard InChI is InChI=1S/C29H49N5O6/c1-27(2,3)22(32-26(40)33-28(4,5)6)25(39)34-15-18(29(16-35)11-8-12-29)14-20(34)24(38)31-19(21(36)23(30)37)13-17-9-7-10-17/h17-20,22,35H,7-16H2,1-6H3,(H2,30,37)(H,31,38)(H2,32,33,40)/t18-,19?,20-,22+/m0/s1. The monoisotopic (exact) mass is 563 g/mol. The van der Waals surface area contributed by atoms with Gasteiger partial charge in [-0.1, -0.05) is 46.5 Å². The second-order valence-corrected chi connectivity index (χ2v) is 14.3. The number of urea groups is 1. The van der Waals surface area contributed by atoms with Gasteiger partial charge in [-0.2, -0.15) is 0 Å². The van der Waals surface area contributed by atoms with E-state index in [0.717, 1.165) is 38.5 Å². The van der Waals surface area contributed by atoms with Crippen molar-refractivity contribution in [2.75, 3.05) is 13.2 Å². The van der Waals surface area contributed by atoms with Crippen LogP contribution < -0.4 is 21.7 Å². The zero-order valence-electron chi connectivity index (χ0n) is 25.0. The van der Waals surface area contributed by atoms with Gasteiger partial charge in [-0.05, 0) is 69.1 Å². The van der Waals surface area contributed by atoms with Crippen molar-refractivity contribution in [3.63, 3.8) is 0 Å². The summed E-state index contributed by atoms with van der Waals surface area (Å²) in [7, 11) is 0. The van der Waals surface area contributed by atoms with Crippen LogP contribution in [0.5, 0.6) is 0 Å². The Balaban J connectivity index is 1.88. The summed E-state index contributed by atoms with van der Waals surface area (Å²) in [4.78, 5) is 66.6. The number of hydrogen-bond donors (Lipinski definition) is 5. The van der Waals surface area contributed by atoms with Gasteiger partial charge >= 0.3 is 6.03 Å². The molecule has 3 fully saturated rings. The number of nitrogens with zero attached hydrogens (tertiary/aromatic N) is 1. The Morgan fingerprint density at radius 3 is 2.05 bits per heavy atom. The summed E-state index contributed by atoms with van der Waals surface area (Å²) in [6, 6.07) is -3.39. The van der Waals surface area contributed by atoms with Gasteiger partial charge in [-0.15, -0.1) is 0 Å². The van der Waals surface area contributed by atoms with Crippen LogP contribution in [-0.2, 0) is 19.2 Å². The Hall–Kier alpha value is -2.69. The van der Waals surface area contributed by atoms with E-state index in [2.05, 4.69) is 16.0 Å². The summed E-state index contributed by atoms with van der Waals surface area (Å²) in [6.07, 6.45) is 6.12. The van der Waals surface area contributed by atoms with Crippen LogP contribution in [0, 0.1) is 22.7 Å². The molecule has 0 spiro atoms. The third kappa shape index (κ3) is 7.33. The van der Waals surface area contributed by atoms with Crippen LogP contribution in [0.1, 0.15) is 92.9 Å². The molecule has 40 heavy (non-hydrogen) atoms. The summed E-state index contributed by atoms with van der Waals surface area (Å²) in [6.45, 7) is 11.3. The first-order chi connectivity index (χ1) is 18.5. The molecule has 1 aliphatic heterocycles. The second-order valence-electron chi connectivity index (χ2n) is 14.3. The van der Waals surface area contributed by atoms with E-state index in [1.165, 1.54) is 4.90 Å². The third-order valence-corrected chi connectivity index (χ3v) is 8.96. The number of Topliss-reactive ketones (excluding diaryl/α,β-unsaturated/α-hetero) is 1. The minimum atomic E-state index is -1.10. The highest BCUT2D eigenvalue weighted by Gasteiger charge is 2.53. The van der Waals surface area contributed by atoms with Crippen LogP contribution in [-0.4, -0.2) is 76.4 Å². The third-order valence-electron chi connectivity index (χ3n) is 8.96. The van der Waals surface area contributed by atoms with E-state index in [-0.39, 0.29) is 30.4 Å². The number of carbonyl (C=O) groups excluding carboxylic acids is 5. The molecule has 1 heterocycles. The van der Waals surface area contributed by atoms with Crippen LogP contribution in [0.3, 0.4) is 0 Å². The normalized spacial score (nSPS) is 24.2. The fourth-order valence-electron chi connectivity index (χ4n) is 6.15. The van der Waals surface area contributed by atoms with E-state index in [0.29, 0.717) is 12.8 Å². The van der Waals surface area contributed by atoms with Crippen LogP contribution in [0.4, 0.5) is 4.79 Å². The van der Waals surface area contributed by atoms with Gasteiger partial charge in [-0.3, -0.25) is 19.2 Å². The van der Waals surface area contributed by atoms with E-state index < -0.39 is 58.6 Å². The average Bonchev–Trinajstić information content (AvgIpc) is 3.21. The van der Waals surface area contributed by atoms with Gasteiger partial charge in [0.05, 0.1) is 6.04 Å². The first-order valence-electron chi connectivity index (χ1n) is 14.6. The maximum absolute atomic E-state index is 14.1. The zero-order valence-corrected chi connectivity index (χ0v) is 25.0. The Kier molecular flexibility index (Phi) is 9.58. The Bertz CT molecular complexity index is 986. The number of amides is 5. The van der Waals surface area contributed by atoms with E-state index in [1.54, 1.807) is 0 Å². The van der Waals surface area contributed by atoms with E-state index in [1.807, 2.05) is 41.5 Å². The van der Waals surface area contributed by atoms with Crippen molar-refractivity contribution >= 4 is 29.5 Å². The molecule has 0 bridgehead atoms. The summed E-state index contributed by atoms with van der Waals surface area (Å²) >= 11 is 0. The Morgan fingerprint density at radius 1 is 1.00 bits per heavy atom. The van der Waals surface area contributed by atoms with Crippen molar-refractivity contribution in [1.82, 2.24) is 20.9 Å². The van der Waals surface area contributed by atoms with E-state index >= 15 is 0 Å². The maximum atomic E-state index is 14.1. The molecule has 11 heteroatoms. The summed E-state index contributed by atoms with van der Waals surface area (Å²) in [5.74, 6) is -2.75. The first-order valence-corrected chi connectivity index (χ1v) is 14.6. The molecule has 5 amide bonds. The molecule has 0 aromatic carbocycles. The fourth-order valence-corrected chi connectivity index (χ4v) is 6.15. The van der Waals surface area contributed by atoms with Crippen LogP contribution in [0.25, 0.3) is 0 Å². The number of aliphatic hydroxyl groups is 1. The molecule has 1 saturated heterocycles. The number of carbonyl (C=O) groups is 5. The van der Waals surface area contributed by atoms with Crippen LogP contribution in [0.15, 0.2) is 0 Å². The summed E-state index contributed by atoms with van der Waals surface area (Å²) < 4.78 is 0. The van der Waals surface area contributed by atoms with Crippen molar-refractivity contribution in [3.8, 4) is 0 Å². The van der Waals surface area contributed by atoms with E-state index in [4.69, 9.17) is 5.73 Å². The maximum Gasteiger partial charge on any atom is 0.315 e. The molecule has 6 N–H and O–H groups in total. The number of ketones is 1.